The highest BCUT2D eigenvalue weighted by Crippen LogP contribution is 2.40. The van der Waals surface area contributed by atoms with Gasteiger partial charge in [0, 0.05) is 17.5 Å². The molecule has 0 radical (unpaired) electrons. The summed E-state index contributed by atoms with van der Waals surface area (Å²) in [5.41, 5.74) is 4.40. The summed E-state index contributed by atoms with van der Waals surface area (Å²) in [5, 5.41) is 4.94. The Hall–Kier alpha value is -2.93. The zero-order valence-corrected chi connectivity index (χ0v) is 14.0. The molecule has 0 amide bonds. The van der Waals surface area contributed by atoms with Gasteiger partial charge in [-0.2, -0.15) is 0 Å². The molecule has 0 atom stereocenters. The lowest BCUT2D eigenvalue weighted by molar-refractivity contribution is 0.0973. The van der Waals surface area contributed by atoms with Gasteiger partial charge < -0.3 is 0 Å². The van der Waals surface area contributed by atoms with E-state index in [0.717, 1.165) is 29.5 Å². The molecule has 1 heteroatoms. The average molecular weight is 322 g/mol. The second-order valence-corrected chi connectivity index (χ2v) is 6.81. The Labute approximate surface area is 146 Å². The van der Waals surface area contributed by atoms with Crippen molar-refractivity contribution in [1.29, 1.82) is 0 Å². The molecule has 0 aliphatic heterocycles. The van der Waals surface area contributed by atoms with Crippen LogP contribution in [0.3, 0.4) is 0 Å². The van der Waals surface area contributed by atoms with Gasteiger partial charge in [-0.3, -0.25) is 4.79 Å². The predicted octanol–water partition coefficient (Wildman–Crippen LogP) is 6.18. The summed E-state index contributed by atoms with van der Waals surface area (Å²) in [4.78, 5) is 12.8. The van der Waals surface area contributed by atoms with E-state index >= 15 is 0 Å². The minimum atomic E-state index is 0.287. The van der Waals surface area contributed by atoms with Gasteiger partial charge in [-0.25, -0.2) is 0 Å². The third-order valence-electron chi connectivity index (χ3n) is 5.32. The van der Waals surface area contributed by atoms with Crippen LogP contribution in [0.4, 0.5) is 0 Å². The summed E-state index contributed by atoms with van der Waals surface area (Å²) in [7, 11) is 0. The monoisotopic (exact) mass is 322 g/mol. The minimum absolute atomic E-state index is 0.287. The van der Waals surface area contributed by atoms with Gasteiger partial charge in [0.05, 0.1) is 0 Å². The van der Waals surface area contributed by atoms with E-state index < -0.39 is 0 Å². The molecular formula is C24H18O. The van der Waals surface area contributed by atoms with Gasteiger partial charge in [-0.05, 0) is 51.6 Å². The van der Waals surface area contributed by atoms with E-state index in [1.165, 1.54) is 27.1 Å². The molecule has 1 aliphatic carbocycles. The number of carbonyl (C=O) groups excluding carboxylic acids is 1. The van der Waals surface area contributed by atoms with E-state index in [0.29, 0.717) is 6.42 Å². The number of fused-ring (bicyclic) bond motifs is 4. The van der Waals surface area contributed by atoms with Crippen LogP contribution in [-0.2, 0) is 6.42 Å². The average Bonchev–Trinajstić information content (AvgIpc) is 2.67. The molecule has 1 nitrogen and oxygen atoms in total. The maximum absolute atomic E-state index is 12.8. The summed E-state index contributed by atoms with van der Waals surface area (Å²) in [5.74, 6) is 0.287. The van der Waals surface area contributed by atoms with Gasteiger partial charge in [-0.15, -0.1) is 0 Å². The summed E-state index contributed by atoms with van der Waals surface area (Å²) in [6.07, 6.45) is 2.60. The topological polar surface area (TPSA) is 17.1 Å². The first-order valence-electron chi connectivity index (χ1n) is 8.89. The van der Waals surface area contributed by atoms with E-state index in [2.05, 4.69) is 66.7 Å². The van der Waals surface area contributed by atoms with Gasteiger partial charge in [0.25, 0.3) is 0 Å². The molecule has 0 heterocycles. The van der Waals surface area contributed by atoms with E-state index in [1.807, 2.05) is 6.07 Å². The van der Waals surface area contributed by atoms with Gasteiger partial charge in [-0.1, -0.05) is 66.7 Å². The van der Waals surface area contributed by atoms with Crippen molar-refractivity contribution in [3.8, 4) is 11.1 Å². The second-order valence-electron chi connectivity index (χ2n) is 6.81. The fourth-order valence-corrected chi connectivity index (χ4v) is 4.20. The fourth-order valence-electron chi connectivity index (χ4n) is 4.20. The normalized spacial score (nSPS) is 14.0. The smallest absolute Gasteiger partial charge is 0.163 e. The zero-order chi connectivity index (χ0) is 16.8. The zero-order valence-electron chi connectivity index (χ0n) is 14.0. The lowest BCUT2D eigenvalue weighted by atomic mass is 9.81. The lowest BCUT2D eigenvalue weighted by Gasteiger charge is -2.22. The molecule has 0 unspecified atom stereocenters. The van der Waals surface area contributed by atoms with Crippen LogP contribution in [0.5, 0.6) is 0 Å². The standard InChI is InChI=1S/C24H18O/c25-22-12-6-10-18-15-21-19-11-5-4-7-16(19)13-14-20(21)23(24(18)22)17-8-2-1-3-9-17/h1-5,7-9,11,13-15H,6,10,12H2. The van der Waals surface area contributed by atoms with Crippen molar-refractivity contribution in [2.75, 3.05) is 0 Å². The minimum Gasteiger partial charge on any atom is -0.294 e. The summed E-state index contributed by atoms with van der Waals surface area (Å²) < 4.78 is 0. The van der Waals surface area contributed by atoms with Crippen molar-refractivity contribution in [3.63, 3.8) is 0 Å². The Morgan fingerprint density at radius 2 is 1.44 bits per heavy atom. The van der Waals surface area contributed by atoms with Crippen LogP contribution in [-0.4, -0.2) is 5.78 Å². The van der Waals surface area contributed by atoms with Gasteiger partial charge in [0.2, 0.25) is 0 Å². The Bertz CT molecular complexity index is 1120. The van der Waals surface area contributed by atoms with Crippen molar-refractivity contribution in [3.05, 3.63) is 83.9 Å². The quantitative estimate of drug-likeness (QED) is 0.382. The highest BCUT2D eigenvalue weighted by atomic mass is 16.1. The highest BCUT2D eigenvalue weighted by molar-refractivity contribution is 6.18. The van der Waals surface area contributed by atoms with Gasteiger partial charge >= 0.3 is 0 Å². The second kappa shape index (κ2) is 5.56. The Kier molecular flexibility index (Phi) is 3.21. The third kappa shape index (κ3) is 2.20. The number of rotatable bonds is 1. The Balaban J connectivity index is 1.99. The molecule has 0 saturated heterocycles. The summed E-state index contributed by atoms with van der Waals surface area (Å²) in [6.45, 7) is 0. The van der Waals surface area contributed by atoms with Crippen LogP contribution in [0, 0.1) is 0 Å². The summed E-state index contributed by atoms with van der Waals surface area (Å²) >= 11 is 0. The molecule has 1 aliphatic rings. The predicted molar refractivity (Wildman–Crippen MR) is 104 cm³/mol. The highest BCUT2D eigenvalue weighted by Gasteiger charge is 2.24. The van der Waals surface area contributed by atoms with Crippen LogP contribution >= 0.6 is 0 Å². The number of carbonyl (C=O) groups is 1. The molecule has 4 aromatic rings. The number of hydrogen-bond acceptors (Lipinski definition) is 1. The van der Waals surface area contributed by atoms with E-state index in [4.69, 9.17) is 0 Å². The van der Waals surface area contributed by atoms with E-state index in [1.54, 1.807) is 0 Å². The number of aryl methyl sites for hydroxylation is 1. The number of hydrogen-bond donors (Lipinski definition) is 0. The summed E-state index contributed by atoms with van der Waals surface area (Å²) in [6, 6.07) is 25.5. The first-order chi connectivity index (χ1) is 12.3. The molecule has 5 rings (SSSR count). The fraction of sp³-hybridized carbons (Fsp3) is 0.125. The van der Waals surface area contributed by atoms with E-state index in [9.17, 15) is 4.79 Å². The van der Waals surface area contributed by atoms with E-state index in [-0.39, 0.29) is 5.78 Å². The van der Waals surface area contributed by atoms with Crippen LogP contribution in [0.1, 0.15) is 28.8 Å². The third-order valence-corrected chi connectivity index (χ3v) is 5.32. The Morgan fingerprint density at radius 3 is 2.32 bits per heavy atom. The maximum atomic E-state index is 12.8. The van der Waals surface area contributed by atoms with Gasteiger partial charge in [0.15, 0.2) is 5.78 Å². The van der Waals surface area contributed by atoms with Crippen LogP contribution < -0.4 is 0 Å². The SMILES string of the molecule is O=C1CCCc2cc3c(ccc4ccccc43)c(-c3ccccc3)c21. The lowest BCUT2D eigenvalue weighted by Crippen LogP contribution is -2.13. The van der Waals surface area contributed by atoms with Crippen LogP contribution in [0.25, 0.3) is 32.7 Å². The van der Waals surface area contributed by atoms with Crippen LogP contribution in [0.2, 0.25) is 0 Å². The van der Waals surface area contributed by atoms with Crippen molar-refractivity contribution in [2.45, 2.75) is 19.3 Å². The molecule has 0 aromatic heterocycles. The first kappa shape index (κ1) is 14.4. The molecule has 0 N–H and O–H groups in total. The molecule has 0 bridgehead atoms. The Morgan fingerprint density at radius 1 is 0.640 bits per heavy atom. The molecule has 25 heavy (non-hydrogen) atoms. The largest absolute Gasteiger partial charge is 0.294 e. The molecule has 4 aromatic carbocycles. The van der Waals surface area contributed by atoms with Crippen molar-refractivity contribution in [2.24, 2.45) is 0 Å². The van der Waals surface area contributed by atoms with Crippen molar-refractivity contribution < 1.29 is 4.79 Å². The molecular weight excluding hydrogens is 304 g/mol. The van der Waals surface area contributed by atoms with Crippen molar-refractivity contribution >= 4 is 27.3 Å². The molecule has 0 saturated carbocycles. The van der Waals surface area contributed by atoms with Gasteiger partial charge in [0.1, 0.15) is 0 Å². The van der Waals surface area contributed by atoms with Crippen LogP contribution in [0.15, 0.2) is 72.8 Å². The molecule has 120 valence electrons. The number of Topliss-reactive ketones (excluding diaryl/α,β-unsaturated/α-hetero) is 1. The number of ketones is 1. The molecule has 0 fully saturated rings. The van der Waals surface area contributed by atoms with Crippen molar-refractivity contribution in [1.82, 2.24) is 0 Å². The molecule has 0 spiro atoms. The maximum Gasteiger partial charge on any atom is 0.163 e. The number of benzene rings is 4. The first-order valence-corrected chi connectivity index (χ1v) is 8.89.